The van der Waals surface area contributed by atoms with Crippen molar-refractivity contribution in [3.63, 3.8) is 0 Å². The zero-order valence-corrected chi connectivity index (χ0v) is 14.3. The SMILES string of the molecule is C=CCN(CC=C)C(=O)C=Cc1cc(Cl)c(OCC)c(OC)c1. The molecule has 0 bridgehead atoms. The number of rotatable bonds is 9. The van der Waals surface area contributed by atoms with E-state index in [1.54, 1.807) is 42.4 Å². The summed E-state index contributed by atoms with van der Waals surface area (Å²) < 4.78 is 10.7. The molecule has 1 amide bonds. The topological polar surface area (TPSA) is 38.8 Å². The molecule has 0 aliphatic carbocycles. The molecule has 0 unspecified atom stereocenters. The van der Waals surface area contributed by atoms with E-state index in [9.17, 15) is 4.79 Å². The van der Waals surface area contributed by atoms with Crippen molar-refractivity contribution in [2.75, 3.05) is 26.8 Å². The molecule has 1 rings (SSSR count). The Labute approximate surface area is 142 Å². The molecule has 0 saturated heterocycles. The summed E-state index contributed by atoms with van der Waals surface area (Å²) in [5.74, 6) is 0.898. The molecule has 0 aliphatic rings. The largest absolute Gasteiger partial charge is 0.493 e. The van der Waals surface area contributed by atoms with Crippen LogP contribution in [-0.4, -0.2) is 37.6 Å². The highest BCUT2D eigenvalue weighted by atomic mass is 35.5. The highest BCUT2D eigenvalue weighted by Gasteiger charge is 2.11. The molecule has 5 heteroatoms. The molecule has 0 fully saturated rings. The Bertz CT molecular complexity index is 586. The molecule has 0 atom stereocenters. The fourth-order valence-electron chi connectivity index (χ4n) is 1.96. The van der Waals surface area contributed by atoms with Gasteiger partial charge in [0.1, 0.15) is 0 Å². The number of hydrogen-bond donors (Lipinski definition) is 0. The summed E-state index contributed by atoms with van der Waals surface area (Å²) in [7, 11) is 1.54. The molecule has 0 radical (unpaired) electrons. The van der Waals surface area contributed by atoms with Crippen LogP contribution in [0.5, 0.6) is 11.5 Å². The summed E-state index contributed by atoms with van der Waals surface area (Å²) in [6.07, 6.45) is 6.52. The third-order valence-corrected chi connectivity index (χ3v) is 3.25. The lowest BCUT2D eigenvalue weighted by Gasteiger charge is -2.17. The van der Waals surface area contributed by atoms with E-state index in [-0.39, 0.29) is 5.91 Å². The summed E-state index contributed by atoms with van der Waals surface area (Å²) in [5, 5.41) is 0.437. The van der Waals surface area contributed by atoms with Crippen LogP contribution in [0.1, 0.15) is 12.5 Å². The smallest absolute Gasteiger partial charge is 0.247 e. The van der Waals surface area contributed by atoms with Crippen molar-refractivity contribution in [2.24, 2.45) is 0 Å². The molecule has 1 aromatic rings. The van der Waals surface area contributed by atoms with Gasteiger partial charge >= 0.3 is 0 Å². The Morgan fingerprint density at radius 1 is 1.30 bits per heavy atom. The Hall–Kier alpha value is -2.20. The third kappa shape index (κ3) is 5.49. The number of nitrogens with zero attached hydrogens (tertiary/aromatic N) is 1. The maximum atomic E-state index is 12.2. The van der Waals surface area contributed by atoms with Crippen LogP contribution in [0, 0.1) is 0 Å². The summed E-state index contributed by atoms with van der Waals surface area (Å²) in [4.78, 5) is 13.8. The van der Waals surface area contributed by atoms with E-state index >= 15 is 0 Å². The number of ether oxygens (including phenoxy) is 2. The van der Waals surface area contributed by atoms with E-state index in [2.05, 4.69) is 13.2 Å². The van der Waals surface area contributed by atoms with Crippen molar-refractivity contribution >= 4 is 23.6 Å². The quantitative estimate of drug-likeness (QED) is 0.506. The minimum Gasteiger partial charge on any atom is -0.493 e. The van der Waals surface area contributed by atoms with Crippen LogP contribution in [0.25, 0.3) is 6.08 Å². The van der Waals surface area contributed by atoms with Gasteiger partial charge in [-0.1, -0.05) is 23.8 Å². The summed E-state index contributed by atoms with van der Waals surface area (Å²) >= 11 is 6.21. The van der Waals surface area contributed by atoms with Gasteiger partial charge in [0.2, 0.25) is 5.91 Å². The molecule has 0 aliphatic heterocycles. The molecule has 0 saturated carbocycles. The molecular formula is C18H22ClNO3. The molecular weight excluding hydrogens is 314 g/mol. The molecule has 0 N–H and O–H groups in total. The highest BCUT2D eigenvalue weighted by Crippen LogP contribution is 2.36. The molecule has 4 nitrogen and oxygen atoms in total. The van der Waals surface area contributed by atoms with Gasteiger partial charge in [-0.2, -0.15) is 0 Å². The van der Waals surface area contributed by atoms with E-state index in [0.29, 0.717) is 36.2 Å². The van der Waals surface area contributed by atoms with Crippen molar-refractivity contribution in [2.45, 2.75) is 6.92 Å². The van der Waals surface area contributed by atoms with E-state index in [1.165, 1.54) is 6.08 Å². The Balaban J connectivity index is 2.99. The van der Waals surface area contributed by atoms with Gasteiger partial charge in [-0.15, -0.1) is 13.2 Å². The number of benzene rings is 1. The van der Waals surface area contributed by atoms with Gasteiger partial charge in [0.25, 0.3) is 0 Å². The zero-order chi connectivity index (χ0) is 17.2. The average Bonchev–Trinajstić information content (AvgIpc) is 2.54. The second-order valence-electron chi connectivity index (χ2n) is 4.62. The number of carbonyl (C=O) groups is 1. The van der Waals surface area contributed by atoms with E-state index in [4.69, 9.17) is 21.1 Å². The Morgan fingerprint density at radius 3 is 2.48 bits per heavy atom. The highest BCUT2D eigenvalue weighted by molar-refractivity contribution is 6.32. The lowest BCUT2D eigenvalue weighted by Crippen LogP contribution is -2.29. The van der Waals surface area contributed by atoms with Crippen molar-refractivity contribution in [3.8, 4) is 11.5 Å². The lowest BCUT2D eigenvalue weighted by atomic mass is 10.2. The number of amides is 1. The van der Waals surface area contributed by atoms with Crippen molar-refractivity contribution < 1.29 is 14.3 Å². The first kappa shape index (κ1) is 18.8. The van der Waals surface area contributed by atoms with Crippen molar-refractivity contribution in [3.05, 3.63) is 54.1 Å². The standard InChI is InChI=1S/C18H22ClNO3/c1-5-10-20(11-6-2)17(21)9-8-14-12-15(19)18(23-7-3)16(13-14)22-4/h5-6,8-9,12-13H,1-2,7,10-11H2,3-4H3. The minimum atomic E-state index is -0.131. The lowest BCUT2D eigenvalue weighted by molar-refractivity contribution is -0.124. The van der Waals surface area contributed by atoms with Gasteiger partial charge < -0.3 is 14.4 Å². The molecule has 124 valence electrons. The van der Waals surface area contributed by atoms with Crippen LogP contribution in [0.2, 0.25) is 5.02 Å². The summed E-state index contributed by atoms with van der Waals surface area (Å²) in [6, 6.07) is 3.50. The minimum absolute atomic E-state index is 0.131. The van der Waals surface area contributed by atoms with E-state index in [1.807, 2.05) is 6.92 Å². The van der Waals surface area contributed by atoms with E-state index < -0.39 is 0 Å². The number of methoxy groups -OCH3 is 1. The van der Waals surface area contributed by atoms with Crippen LogP contribution < -0.4 is 9.47 Å². The predicted octanol–water partition coefficient (Wildman–Crippen LogP) is 3.96. The first-order valence-corrected chi connectivity index (χ1v) is 7.64. The van der Waals surface area contributed by atoms with Crippen LogP contribution >= 0.6 is 11.6 Å². The van der Waals surface area contributed by atoms with Crippen LogP contribution in [0.4, 0.5) is 0 Å². The first-order chi connectivity index (χ1) is 11.1. The Kier molecular flexibility index (Phi) is 7.98. The second-order valence-corrected chi connectivity index (χ2v) is 5.03. The third-order valence-electron chi connectivity index (χ3n) is 2.97. The van der Waals surface area contributed by atoms with Crippen LogP contribution in [0.3, 0.4) is 0 Å². The number of halogens is 1. The monoisotopic (exact) mass is 335 g/mol. The maximum absolute atomic E-state index is 12.2. The van der Waals surface area contributed by atoms with Gasteiger partial charge in [0, 0.05) is 19.2 Å². The fourth-order valence-corrected chi connectivity index (χ4v) is 2.23. The molecule has 23 heavy (non-hydrogen) atoms. The molecule has 0 aromatic heterocycles. The van der Waals surface area contributed by atoms with Crippen LogP contribution in [0.15, 0.2) is 43.5 Å². The zero-order valence-electron chi connectivity index (χ0n) is 13.5. The molecule has 1 aromatic carbocycles. The normalized spacial score (nSPS) is 10.4. The maximum Gasteiger partial charge on any atom is 0.247 e. The first-order valence-electron chi connectivity index (χ1n) is 7.26. The number of hydrogen-bond acceptors (Lipinski definition) is 3. The number of carbonyl (C=O) groups excluding carboxylic acids is 1. The van der Waals surface area contributed by atoms with Gasteiger partial charge in [0.05, 0.1) is 18.7 Å². The predicted molar refractivity (Wildman–Crippen MR) is 95.2 cm³/mol. The van der Waals surface area contributed by atoms with Crippen LogP contribution in [-0.2, 0) is 4.79 Å². The average molecular weight is 336 g/mol. The summed E-state index contributed by atoms with van der Waals surface area (Å²) in [5.41, 5.74) is 0.751. The van der Waals surface area contributed by atoms with Gasteiger partial charge in [0.15, 0.2) is 11.5 Å². The fraction of sp³-hybridized carbons (Fsp3) is 0.278. The van der Waals surface area contributed by atoms with Crippen molar-refractivity contribution in [1.29, 1.82) is 0 Å². The van der Waals surface area contributed by atoms with Gasteiger partial charge in [-0.05, 0) is 30.7 Å². The van der Waals surface area contributed by atoms with Gasteiger partial charge in [-0.3, -0.25) is 4.79 Å². The Morgan fingerprint density at radius 2 is 1.96 bits per heavy atom. The van der Waals surface area contributed by atoms with E-state index in [0.717, 1.165) is 5.56 Å². The molecule has 0 spiro atoms. The molecule has 0 heterocycles. The van der Waals surface area contributed by atoms with Crippen molar-refractivity contribution in [1.82, 2.24) is 4.90 Å². The summed E-state index contributed by atoms with van der Waals surface area (Å²) in [6.45, 7) is 10.6. The van der Waals surface area contributed by atoms with Gasteiger partial charge in [-0.25, -0.2) is 0 Å². The second kappa shape index (κ2) is 9.74.